The first-order valence-electron chi connectivity index (χ1n) is 12.8. The van der Waals surface area contributed by atoms with E-state index in [1.165, 1.54) is 0 Å². The number of halogens is 10. The molecule has 0 saturated carbocycles. The van der Waals surface area contributed by atoms with Crippen molar-refractivity contribution in [1.29, 1.82) is 0 Å². The third kappa shape index (κ3) is 10.2. The van der Waals surface area contributed by atoms with Gasteiger partial charge in [-0.3, -0.25) is 4.18 Å². The molecular weight excluding hydrogens is 750 g/mol. The van der Waals surface area contributed by atoms with Crippen LogP contribution in [0, 0.1) is 0 Å². The Balaban J connectivity index is 2.03. The molecule has 3 atom stereocenters. The van der Waals surface area contributed by atoms with Crippen molar-refractivity contribution in [3.63, 3.8) is 0 Å². The van der Waals surface area contributed by atoms with Crippen molar-refractivity contribution in [3.05, 3.63) is 98.0 Å². The summed E-state index contributed by atoms with van der Waals surface area (Å²) < 4.78 is 135. The number of oxime groups is 1. The van der Waals surface area contributed by atoms with Crippen LogP contribution in [0.5, 0.6) is 0 Å². The van der Waals surface area contributed by atoms with Gasteiger partial charge < -0.3 is 14.3 Å². The van der Waals surface area contributed by atoms with Crippen LogP contribution in [-0.4, -0.2) is 58.7 Å². The van der Waals surface area contributed by atoms with Gasteiger partial charge in [0.15, 0.2) is 18.4 Å². The molecule has 9 nitrogen and oxygen atoms in total. The number of benzene rings is 3. The average molecular weight is 769 g/mol. The molecule has 48 heavy (non-hydrogen) atoms. The highest BCUT2D eigenvalue weighted by molar-refractivity contribution is 7.87. The average Bonchev–Trinajstić information content (AvgIpc) is 3.01. The minimum absolute atomic E-state index is 0.175. The monoisotopic (exact) mass is 767 g/mol. The van der Waals surface area contributed by atoms with E-state index >= 15 is 4.39 Å². The Morgan fingerprint density at radius 3 is 1.77 bits per heavy atom. The molecule has 0 saturated heterocycles. The van der Waals surface area contributed by atoms with Gasteiger partial charge in [0.25, 0.3) is 10.1 Å². The molecule has 0 bridgehead atoms. The molecule has 3 rings (SSSR count). The molecule has 0 N–H and O–H groups in total. The van der Waals surface area contributed by atoms with Crippen LogP contribution in [0.25, 0.3) is 0 Å². The highest BCUT2D eigenvalue weighted by Gasteiger charge is 2.40. The number of esters is 2. The lowest BCUT2D eigenvalue weighted by atomic mass is 10.1. The first kappa shape index (κ1) is 38.8. The number of hydrogen-bond acceptors (Lipinski definition) is 9. The number of carbonyl (C=O) groups excluding carboxylic acids is 2. The van der Waals surface area contributed by atoms with Crippen LogP contribution in [0.4, 0.5) is 30.7 Å². The fourth-order valence-electron chi connectivity index (χ4n) is 3.66. The molecular formula is C28H19Cl3F7NO8S. The lowest BCUT2D eigenvalue weighted by Gasteiger charge is -2.27. The van der Waals surface area contributed by atoms with Gasteiger partial charge in [-0.15, -0.1) is 0 Å². The summed E-state index contributed by atoms with van der Waals surface area (Å²) in [6.45, 7) is -1.26. The SMILES string of the molecule is CON=C[C@H](F)[C@H](OC(=O)c1ccc(C(F)(F)F)cc1)[C@H](COC(=O)c1ccc(C(F)(F)F)cc1)OS(=O)(=O)c1cc(Cl)c(Cl)cc1Cl. The second-order valence-corrected chi connectivity index (χ2v) is 12.0. The van der Waals surface area contributed by atoms with E-state index in [4.69, 9.17) is 48.5 Å². The minimum Gasteiger partial charge on any atom is -0.459 e. The Hall–Kier alpha value is -3.64. The second kappa shape index (κ2) is 15.7. The molecule has 20 heteroatoms. The van der Waals surface area contributed by atoms with E-state index in [1.54, 1.807) is 0 Å². The molecule has 3 aromatic carbocycles. The third-order valence-corrected chi connectivity index (χ3v) is 8.52. The molecule has 0 fully saturated rings. The van der Waals surface area contributed by atoms with Crippen molar-refractivity contribution < 1.29 is 67.2 Å². The number of ether oxygens (including phenoxy) is 2. The van der Waals surface area contributed by atoms with E-state index < -0.39 is 91.6 Å². The molecule has 260 valence electrons. The molecule has 3 aromatic rings. The summed E-state index contributed by atoms with van der Waals surface area (Å²) in [5, 5.41) is 2.14. The quantitative estimate of drug-likeness (QED) is 0.0458. The Morgan fingerprint density at radius 2 is 1.29 bits per heavy atom. The fourth-order valence-corrected chi connectivity index (χ4v) is 5.71. The smallest absolute Gasteiger partial charge is 0.416 e. The molecule has 0 aliphatic heterocycles. The highest BCUT2D eigenvalue weighted by Crippen LogP contribution is 2.34. The molecule has 0 radical (unpaired) electrons. The summed E-state index contributed by atoms with van der Waals surface area (Å²) in [6.07, 6.45) is -16.5. The second-order valence-electron chi connectivity index (χ2n) is 9.29. The Labute approximate surface area is 282 Å². The zero-order valence-corrected chi connectivity index (χ0v) is 26.8. The Kier molecular flexibility index (Phi) is 12.7. The van der Waals surface area contributed by atoms with Crippen molar-refractivity contribution in [3.8, 4) is 0 Å². The van der Waals surface area contributed by atoms with Gasteiger partial charge in [0.1, 0.15) is 18.6 Å². The number of hydrogen-bond donors (Lipinski definition) is 0. The normalized spacial score (nSPS) is 14.3. The van der Waals surface area contributed by atoms with Gasteiger partial charge in [-0.25, -0.2) is 14.0 Å². The molecule has 0 unspecified atom stereocenters. The summed E-state index contributed by atoms with van der Waals surface area (Å²) in [5.41, 5.74) is -3.28. The highest BCUT2D eigenvalue weighted by atomic mass is 35.5. The topological polar surface area (TPSA) is 118 Å². The van der Waals surface area contributed by atoms with Gasteiger partial charge in [0, 0.05) is 0 Å². The number of rotatable bonds is 12. The van der Waals surface area contributed by atoms with Crippen molar-refractivity contribution in [1.82, 2.24) is 0 Å². The summed E-state index contributed by atoms with van der Waals surface area (Å²) in [6, 6.07) is 6.66. The molecule has 0 aliphatic carbocycles. The maximum absolute atomic E-state index is 15.5. The number of nitrogens with zero attached hydrogens (tertiary/aromatic N) is 1. The maximum atomic E-state index is 15.5. The van der Waals surface area contributed by atoms with Crippen LogP contribution in [0.1, 0.15) is 31.8 Å². The Morgan fingerprint density at radius 1 is 0.812 bits per heavy atom. The van der Waals surface area contributed by atoms with E-state index in [0.717, 1.165) is 31.4 Å². The van der Waals surface area contributed by atoms with Crippen LogP contribution < -0.4 is 0 Å². The predicted octanol–water partition coefficient (Wildman–Crippen LogP) is 7.81. The van der Waals surface area contributed by atoms with Gasteiger partial charge in [-0.05, 0) is 60.7 Å². The summed E-state index contributed by atoms with van der Waals surface area (Å²) in [5.74, 6) is -2.84. The first-order valence-corrected chi connectivity index (χ1v) is 15.3. The summed E-state index contributed by atoms with van der Waals surface area (Å²) in [7, 11) is -4.15. The van der Waals surface area contributed by atoms with Gasteiger partial charge in [0.05, 0.1) is 43.5 Å². The first-order chi connectivity index (χ1) is 22.2. The standard InChI is InChI=1S/C28H19Cl3F7NO8S/c1-44-39-12-21(32)24(46-26(41)15-4-8-17(9-5-15)28(36,37)38)22(47-48(42,43)23-11-19(30)18(29)10-20(23)31)13-45-25(40)14-2-6-16(7-3-14)27(33,34)35/h2-12,21-22,24H,13H2,1H3/t21-,22-,24-/m0/s1. The van der Waals surface area contributed by atoms with Crippen molar-refractivity contribution >= 4 is 63.1 Å². The maximum Gasteiger partial charge on any atom is 0.416 e. The Bertz CT molecular complexity index is 1750. The van der Waals surface area contributed by atoms with Crippen LogP contribution in [0.2, 0.25) is 15.1 Å². The largest absolute Gasteiger partial charge is 0.459 e. The van der Waals surface area contributed by atoms with E-state index in [-0.39, 0.29) is 10.0 Å². The van der Waals surface area contributed by atoms with Crippen LogP contribution in [0.15, 0.2) is 70.7 Å². The zero-order chi connectivity index (χ0) is 36.0. The van der Waals surface area contributed by atoms with Gasteiger partial charge in [-0.2, -0.15) is 34.8 Å². The minimum atomic E-state index is -5.14. The van der Waals surface area contributed by atoms with E-state index in [0.29, 0.717) is 42.6 Å². The fraction of sp³-hybridized carbons (Fsp3) is 0.250. The summed E-state index contributed by atoms with van der Waals surface area (Å²) in [4.78, 5) is 29.2. The van der Waals surface area contributed by atoms with E-state index in [1.807, 2.05) is 0 Å². The van der Waals surface area contributed by atoms with Crippen molar-refractivity contribution in [2.75, 3.05) is 13.7 Å². The van der Waals surface area contributed by atoms with E-state index in [2.05, 4.69) is 9.99 Å². The van der Waals surface area contributed by atoms with Gasteiger partial charge >= 0.3 is 24.3 Å². The number of carbonyl (C=O) groups is 2. The molecule has 0 aromatic heterocycles. The van der Waals surface area contributed by atoms with Gasteiger partial charge in [-0.1, -0.05) is 40.0 Å². The lowest BCUT2D eigenvalue weighted by Crippen LogP contribution is -2.45. The molecule has 0 amide bonds. The van der Waals surface area contributed by atoms with Crippen LogP contribution in [-0.2, 0) is 41.0 Å². The number of alkyl halides is 7. The predicted molar refractivity (Wildman–Crippen MR) is 156 cm³/mol. The van der Waals surface area contributed by atoms with E-state index in [9.17, 15) is 44.3 Å². The molecule has 0 aliphatic rings. The molecule has 0 spiro atoms. The van der Waals surface area contributed by atoms with Crippen LogP contribution >= 0.6 is 34.8 Å². The molecule has 0 heterocycles. The lowest BCUT2D eigenvalue weighted by molar-refractivity contribution is -0.138. The zero-order valence-electron chi connectivity index (χ0n) is 23.7. The van der Waals surface area contributed by atoms with Crippen LogP contribution in [0.3, 0.4) is 0 Å². The van der Waals surface area contributed by atoms with Crippen molar-refractivity contribution in [2.24, 2.45) is 5.16 Å². The van der Waals surface area contributed by atoms with Crippen molar-refractivity contribution in [2.45, 2.75) is 35.6 Å². The summed E-state index contributed by atoms with van der Waals surface area (Å²) >= 11 is 17.7. The third-order valence-electron chi connectivity index (χ3n) is 6.00. The van der Waals surface area contributed by atoms with Gasteiger partial charge in [0.2, 0.25) is 0 Å².